The Labute approximate surface area is 171 Å². The van der Waals surface area contributed by atoms with Gasteiger partial charge in [-0.15, -0.1) is 0 Å². The Bertz CT molecular complexity index is 770. The minimum absolute atomic E-state index is 0.167. The predicted molar refractivity (Wildman–Crippen MR) is 109 cm³/mol. The van der Waals surface area contributed by atoms with Crippen LogP contribution in [-0.2, 0) is 6.42 Å². The van der Waals surface area contributed by atoms with Crippen LogP contribution in [-0.4, -0.2) is 11.6 Å². The SMILES string of the molecule is CCCCCOc1ccc([C@H]2CC[C@H](CCc3cc(F)c(F)nc3F)CC2)cc1. The molecule has 1 aliphatic carbocycles. The van der Waals surface area contributed by atoms with Crippen molar-refractivity contribution < 1.29 is 17.9 Å². The lowest BCUT2D eigenvalue weighted by molar-refractivity contribution is 0.303. The largest absolute Gasteiger partial charge is 0.494 e. The molecule has 0 radical (unpaired) electrons. The highest BCUT2D eigenvalue weighted by molar-refractivity contribution is 5.29. The van der Waals surface area contributed by atoms with Crippen LogP contribution in [0.2, 0.25) is 0 Å². The van der Waals surface area contributed by atoms with Gasteiger partial charge in [0.25, 0.3) is 5.95 Å². The molecule has 29 heavy (non-hydrogen) atoms. The number of unbranched alkanes of at least 4 members (excludes halogenated alkanes) is 2. The first-order valence-electron chi connectivity index (χ1n) is 10.8. The Morgan fingerprint density at radius 3 is 2.38 bits per heavy atom. The summed E-state index contributed by atoms with van der Waals surface area (Å²) in [5, 5.41) is 0. The van der Waals surface area contributed by atoms with Gasteiger partial charge in [-0.2, -0.15) is 13.8 Å². The summed E-state index contributed by atoms with van der Waals surface area (Å²) in [6.07, 6.45) is 8.98. The summed E-state index contributed by atoms with van der Waals surface area (Å²) in [6.45, 7) is 2.95. The topological polar surface area (TPSA) is 22.1 Å². The van der Waals surface area contributed by atoms with Crippen molar-refractivity contribution in [2.75, 3.05) is 6.61 Å². The molecule has 5 heteroatoms. The fraction of sp³-hybridized carbons (Fsp3) is 0.542. The molecule has 0 amide bonds. The minimum Gasteiger partial charge on any atom is -0.494 e. The average molecular weight is 406 g/mol. The van der Waals surface area contributed by atoms with Crippen molar-refractivity contribution in [3.05, 3.63) is 59.2 Å². The number of benzene rings is 1. The molecule has 0 atom stereocenters. The molecule has 0 bridgehead atoms. The zero-order valence-corrected chi connectivity index (χ0v) is 17.1. The molecule has 2 nitrogen and oxygen atoms in total. The van der Waals surface area contributed by atoms with Crippen molar-refractivity contribution in [1.82, 2.24) is 4.98 Å². The lowest BCUT2D eigenvalue weighted by atomic mass is 9.77. The van der Waals surface area contributed by atoms with E-state index in [2.05, 4.69) is 36.2 Å². The van der Waals surface area contributed by atoms with Crippen LogP contribution in [0.5, 0.6) is 5.75 Å². The number of aryl methyl sites for hydroxylation is 1. The lowest BCUT2D eigenvalue weighted by Crippen LogP contribution is -2.14. The number of hydrogen-bond acceptors (Lipinski definition) is 2. The van der Waals surface area contributed by atoms with Crippen molar-refractivity contribution in [1.29, 1.82) is 0 Å². The highest BCUT2D eigenvalue weighted by atomic mass is 19.2. The summed E-state index contributed by atoms with van der Waals surface area (Å²) < 4.78 is 45.7. The molecule has 1 aliphatic rings. The molecule has 3 rings (SSSR count). The molecule has 1 aromatic heterocycles. The van der Waals surface area contributed by atoms with Gasteiger partial charge in [0.2, 0.25) is 5.95 Å². The van der Waals surface area contributed by atoms with E-state index in [0.29, 0.717) is 18.3 Å². The van der Waals surface area contributed by atoms with Gasteiger partial charge in [-0.1, -0.05) is 31.9 Å². The van der Waals surface area contributed by atoms with E-state index >= 15 is 0 Å². The van der Waals surface area contributed by atoms with E-state index in [0.717, 1.165) is 56.9 Å². The highest BCUT2D eigenvalue weighted by Gasteiger charge is 2.23. The van der Waals surface area contributed by atoms with E-state index in [1.165, 1.54) is 18.4 Å². The van der Waals surface area contributed by atoms with E-state index in [1.807, 2.05) is 0 Å². The monoisotopic (exact) mass is 405 g/mol. The number of pyridine rings is 1. The maximum absolute atomic E-state index is 13.7. The number of nitrogens with zero attached hydrogens (tertiary/aromatic N) is 1. The number of ether oxygens (including phenoxy) is 1. The van der Waals surface area contributed by atoms with Crippen LogP contribution in [0, 0.1) is 23.6 Å². The highest BCUT2D eigenvalue weighted by Crippen LogP contribution is 2.38. The Morgan fingerprint density at radius 1 is 0.966 bits per heavy atom. The maximum atomic E-state index is 13.7. The molecular weight excluding hydrogens is 375 g/mol. The molecule has 0 N–H and O–H groups in total. The third-order valence-corrected chi connectivity index (χ3v) is 6.00. The van der Waals surface area contributed by atoms with Crippen LogP contribution >= 0.6 is 0 Å². The smallest absolute Gasteiger partial charge is 0.251 e. The second kappa shape index (κ2) is 10.7. The second-order valence-electron chi connectivity index (χ2n) is 8.09. The fourth-order valence-electron chi connectivity index (χ4n) is 4.18. The predicted octanol–water partition coefficient (Wildman–Crippen LogP) is 6.97. The standard InChI is InChI=1S/C24H30F3NO/c1-2-3-4-15-29-21-13-11-19(12-14-21)18-8-5-17(6-9-18)7-10-20-16-22(25)24(27)28-23(20)26/h11-14,16-18H,2-10,15H2,1H3/t17-,18-. The van der Waals surface area contributed by atoms with Crippen LogP contribution in [0.15, 0.2) is 30.3 Å². The maximum Gasteiger partial charge on any atom is 0.251 e. The van der Waals surface area contributed by atoms with Crippen LogP contribution in [0.25, 0.3) is 0 Å². The van der Waals surface area contributed by atoms with Crippen LogP contribution in [0.4, 0.5) is 13.2 Å². The Hall–Kier alpha value is -2.04. The summed E-state index contributed by atoms with van der Waals surface area (Å²) in [5.74, 6) is -1.38. The summed E-state index contributed by atoms with van der Waals surface area (Å²) in [5.41, 5.74) is 1.51. The number of halogens is 3. The zero-order valence-electron chi connectivity index (χ0n) is 17.1. The van der Waals surface area contributed by atoms with Gasteiger partial charge < -0.3 is 4.74 Å². The molecule has 1 fully saturated rings. The van der Waals surface area contributed by atoms with Crippen molar-refractivity contribution in [2.45, 2.75) is 70.6 Å². The molecule has 158 valence electrons. The first-order chi connectivity index (χ1) is 14.1. The minimum atomic E-state index is -1.37. The van der Waals surface area contributed by atoms with Crippen LogP contribution in [0.1, 0.15) is 75.3 Å². The van der Waals surface area contributed by atoms with Crippen molar-refractivity contribution in [2.24, 2.45) is 5.92 Å². The second-order valence-corrected chi connectivity index (χ2v) is 8.09. The third kappa shape index (κ3) is 6.22. The van der Waals surface area contributed by atoms with Gasteiger partial charge in [-0.25, -0.2) is 4.39 Å². The van der Waals surface area contributed by atoms with Crippen molar-refractivity contribution in [3.63, 3.8) is 0 Å². The zero-order chi connectivity index (χ0) is 20.6. The average Bonchev–Trinajstić information content (AvgIpc) is 2.74. The molecule has 0 unspecified atom stereocenters. The van der Waals surface area contributed by atoms with Gasteiger partial charge in [-0.05, 0) is 80.5 Å². The van der Waals surface area contributed by atoms with Crippen LogP contribution < -0.4 is 4.74 Å². The van der Waals surface area contributed by atoms with E-state index in [4.69, 9.17) is 4.74 Å². The molecule has 0 saturated heterocycles. The molecule has 0 aliphatic heterocycles. The van der Waals surface area contributed by atoms with E-state index in [9.17, 15) is 13.2 Å². The van der Waals surface area contributed by atoms with Gasteiger partial charge in [0.15, 0.2) is 5.82 Å². The molecule has 1 saturated carbocycles. The Kier molecular flexibility index (Phi) is 7.96. The van der Waals surface area contributed by atoms with Gasteiger partial charge >= 0.3 is 0 Å². The fourth-order valence-corrected chi connectivity index (χ4v) is 4.18. The Morgan fingerprint density at radius 2 is 1.69 bits per heavy atom. The number of hydrogen-bond donors (Lipinski definition) is 0. The molecule has 1 aromatic carbocycles. The van der Waals surface area contributed by atoms with Crippen molar-refractivity contribution in [3.8, 4) is 5.75 Å². The summed E-state index contributed by atoms with van der Waals surface area (Å²) in [7, 11) is 0. The number of aromatic nitrogens is 1. The van der Waals surface area contributed by atoms with Gasteiger partial charge in [0.05, 0.1) is 6.61 Å². The quantitative estimate of drug-likeness (QED) is 0.332. The lowest BCUT2D eigenvalue weighted by Gasteiger charge is -2.29. The van der Waals surface area contributed by atoms with Crippen molar-refractivity contribution >= 4 is 0 Å². The van der Waals surface area contributed by atoms with E-state index in [-0.39, 0.29) is 5.56 Å². The molecule has 0 spiro atoms. The third-order valence-electron chi connectivity index (χ3n) is 6.00. The van der Waals surface area contributed by atoms with Crippen LogP contribution in [0.3, 0.4) is 0 Å². The molecular formula is C24H30F3NO. The van der Waals surface area contributed by atoms with Gasteiger partial charge in [-0.3, -0.25) is 0 Å². The summed E-state index contributed by atoms with van der Waals surface area (Å²) >= 11 is 0. The molecule has 2 aromatic rings. The summed E-state index contributed by atoms with van der Waals surface area (Å²) in [6, 6.07) is 9.40. The first-order valence-corrected chi connectivity index (χ1v) is 10.8. The van der Waals surface area contributed by atoms with E-state index in [1.54, 1.807) is 0 Å². The van der Waals surface area contributed by atoms with Gasteiger partial charge in [0, 0.05) is 5.56 Å². The normalized spacial score (nSPS) is 19.3. The summed E-state index contributed by atoms with van der Waals surface area (Å²) in [4.78, 5) is 3.00. The molecule has 1 heterocycles. The van der Waals surface area contributed by atoms with E-state index < -0.39 is 17.7 Å². The number of rotatable bonds is 9. The van der Waals surface area contributed by atoms with Gasteiger partial charge in [0.1, 0.15) is 5.75 Å². The first kappa shape index (κ1) is 21.7. The Balaban J connectivity index is 1.44.